The maximum Gasteiger partial charge on any atom is 0.0276 e. The third-order valence-corrected chi connectivity index (χ3v) is 2.61. The predicted molar refractivity (Wildman–Crippen MR) is 61.0 cm³/mol. The van der Waals surface area contributed by atoms with E-state index < -0.39 is 0 Å². The van der Waals surface area contributed by atoms with Crippen molar-refractivity contribution in [1.29, 1.82) is 0 Å². The van der Waals surface area contributed by atoms with Crippen LogP contribution in [0.5, 0.6) is 0 Å². The Labute approximate surface area is 83.8 Å². The molecule has 78 valence electrons. The maximum atomic E-state index is 4.12. The van der Waals surface area contributed by atoms with Crippen LogP contribution in [0.3, 0.4) is 0 Å². The Morgan fingerprint density at radius 2 is 1.62 bits per heavy atom. The first-order valence-corrected chi connectivity index (χ1v) is 5.59. The highest BCUT2D eigenvalue weighted by Gasteiger charge is 2.13. The zero-order chi connectivity index (χ0) is 10.3. The summed E-state index contributed by atoms with van der Waals surface area (Å²) >= 11 is 0. The van der Waals surface area contributed by atoms with Crippen molar-refractivity contribution in [2.45, 2.75) is 53.0 Å². The number of hydrogen-bond donors (Lipinski definition) is 0. The molecule has 0 aliphatic rings. The second-order valence-corrected chi connectivity index (χ2v) is 3.72. The zero-order valence-corrected chi connectivity index (χ0v) is 9.77. The van der Waals surface area contributed by atoms with Crippen LogP contribution in [0.25, 0.3) is 0 Å². The van der Waals surface area contributed by atoms with Crippen molar-refractivity contribution in [3.05, 3.63) is 12.2 Å². The minimum atomic E-state index is 0.560. The fourth-order valence-corrected chi connectivity index (χ4v) is 1.63. The van der Waals surface area contributed by atoms with Gasteiger partial charge in [0.2, 0.25) is 0 Å². The van der Waals surface area contributed by atoms with Gasteiger partial charge in [-0.25, -0.2) is 0 Å². The number of nitrogens with zero attached hydrogens (tertiary/aromatic N) is 1. The van der Waals surface area contributed by atoms with E-state index in [2.05, 4.69) is 39.2 Å². The summed E-state index contributed by atoms with van der Waals surface area (Å²) in [5.41, 5.74) is 1.36. The van der Waals surface area contributed by atoms with Crippen molar-refractivity contribution in [3.8, 4) is 0 Å². The smallest absolute Gasteiger partial charge is 0.0276 e. The van der Waals surface area contributed by atoms with Gasteiger partial charge in [-0.2, -0.15) is 0 Å². The van der Waals surface area contributed by atoms with Gasteiger partial charge in [-0.15, -0.1) is 0 Å². The van der Waals surface area contributed by atoms with Gasteiger partial charge < -0.3 is 0 Å². The molecule has 0 aromatic rings. The lowest BCUT2D eigenvalue weighted by atomic mass is 10.1. The van der Waals surface area contributed by atoms with Crippen LogP contribution in [0.2, 0.25) is 0 Å². The molecule has 1 nitrogen and oxygen atoms in total. The standard InChI is InChI=1S/C12H25N/c1-6-9-13(10-7-2)12(5)11(4)8-3/h12H,4,6-10H2,1-3,5H3. The molecule has 13 heavy (non-hydrogen) atoms. The molecule has 0 aliphatic heterocycles. The van der Waals surface area contributed by atoms with Crippen LogP contribution in [-0.4, -0.2) is 24.0 Å². The Kier molecular flexibility index (Phi) is 6.97. The van der Waals surface area contributed by atoms with E-state index in [0.29, 0.717) is 6.04 Å². The summed E-state index contributed by atoms with van der Waals surface area (Å²) in [5.74, 6) is 0. The summed E-state index contributed by atoms with van der Waals surface area (Å²) in [6, 6.07) is 0.560. The Hall–Kier alpha value is -0.300. The van der Waals surface area contributed by atoms with Crippen LogP contribution >= 0.6 is 0 Å². The van der Waals surface area contributed by atoms with E-state index in [9.17, 15) is 0 Å². The van der Waals surface area contributed by atoms with Crippen LogP contribution in [-0.2, 0) is 0 Å². The van der Waals surface area contributed by atoms with Crippen LogP contribution < -0.4 is 0 Å². The highest BCUT2D eigenvalue weighted by Crippen LogP contribution is 2.12. The molecule has 0 aromatic carbocycles. The lowest BCUT2D eigenvalue weighted by Gasteiger charge is -2.29. The maximum absolute atomic E-state index is 4.12. The Balaban J connectivity index is 4.08. The predicted octanol–water partition coefficient (Wildman–Crippen LogP) is 3.46. The molecule has 0 saturated heterocycles. The summed E-state index contributed by atoms with van der Waals surface area (Å²) in [5, 5.41) is 0. The Morgan fingerprint density at radius 1 is 1.15 bits per heavy atom. The van der Waals surface area contributed by atoms with Crippen molar-refractivity contribution < 1.29 is 0 Å². The molecule has 0 N–H and O–H groups in total. The van der Waals surface area contributed by atoms with E-state index in [1.165, 1.54) is 31.5 Å². The van der Waals surface area contributed by atoms with E-state index in [1.54, 1.807) is 0 Å². The molecule has 0 heterocycles. The van der Waals surface area contributed by atoms with Crippen LogP contribution in [0.4, 0.5) is 0 Å². The second-order valence-electron chi connectivity index (χ2n) is 3.72. The minimum Gasteiger partial charge on any atom is -0.297 e. The van der Waals surface area contributed by atoms with E-state index in [-0.39, 0.29) is 0 Å². The van der Waals surface area contributed by atoms with Gasteiger partial charge in [-0.1, -0.05) is 32.9 Å². The lowest BCUT2D eigenvalue weighted by Crippen LogP contribution is -2.35. The number of hydrogen-bond acceptors (Lipinski definition) is 1. The fraction of sp³-hybridized carbons (Fsp3) is 0.833. The van der Waals surface area contributed by atoms with Gasteiger partial charge in [0.1, 0.15) is 0 Å². The SMILES string of the molecule is C=C(CC)C(C)N(CCC)CCC. The average Bonchev–Trinajstić information content (AvgIpc) is 2.15. The molecular formula is C12H25N. The summed E-state index contributed by atoms with van der Waals surface area (Å²) in [7, 11) is 0. The third-order valence-electron chi connectivity index (χ3n) is 2.61. The fourth-order valence-electron chi connectivity index (χ4n) is 1.63. The minimum absolute atomic E-state index is 0.560. The molecule has 0 aliphatic carbocycles. The van der Waals surface area contributed by atoms with E-state index >= 15 is 0 Å². The first-order valence-electron chi connectivity index (χ1n) is 5.59. The first kappa shape index (κ1) is 12.7. The van der Waals surface area contributed by atoms with E-state index in [0.717, 1.165) is 6.42 Å². The normalized spacial score (nSPS) is 13.3. The molecular weight excluding hydrogens is 158 g/mol. The van der Waals surface area contributed by atoms with Crippen molar-refractivity contribution in [2.75, 3.05) is 13.1 Å². The topological polar surface area (TPSA) is 3.24 Å². The van der Waals surface area contributed by atoms with Gasteiger partial charge in [-0.3, -0.25) is 4.90 Å². The Morgan fingerprint density at radius 3 is 1.92 bits per heavy atom. The molecule has 0 fully saturated rings. The van der Waals surface area contributed by atoms with Crippen LogP contribution in [0.15, 0.2) is 12.2 Å². The molecule has 0 rings (SSSR count). The van der Waals surface area contributed by atoms with Crippen LogP contribution in [0.1, 0.15) is 47.0 Å². The van der Waals surface area contributed by atoms with Gasteiger partial charge in [0.25, 0.3) is 0 Å². The molecule has 0 amide bonds. The quantitative estimate of drug-likeness (QED) is 0.546. The second kappa shape index (κ2) is 7.14. The summed E-state index contributed by atoms with van der Waals surface area (Å²) in [6.07, 6.45) is 3.58. The monoisotopic (exact) mass is 183 g/mol. The Bertz CT molecular complexity index is 134. The first-order chi connectivity index (χ1) is 6.17. The molecule has 1 atom stereocenters. The lowest BCUT2D eigenvalue weighted by molar-refractivity contribution is 0.231. The van der Waals surface area contributed by atoms with Crippen molar-refractivity contribution >= 4 is 0 Å². The van der Waals surface area contributed by atoms with Crippen molar-refractivity contribution in [2.24, 2.45) is 0 Å². The van der Waals surface area contributed by atoms with E-state index in [4.69, 9.17) is 0 Å². The highest BCUT2D eigenvalue weighted by atomic mass is 15.1. The van der Waals surface area contributed by atoms with E-state index in [1.807, 2.05) is 0 Å². The van der Waals surface area contributed by atoms with Gasteiger partial charge in [0, 0.05) is 6.04 Å². The zero-order valence-electron chi connectivity index (χ0n) is 9.77. The molecule has 1 heteroatoms. The van der Waals surface area contributed by atoms with Crippen molar-refractivity contribution in [3.63, 3.8) is 0 Å². The van der Waals surface area contributed by atoms with Crippen LogP contribution in [0, 0.1) is 0 Å². The molecule has 0 bridgehead atoms. The summed E-state index contributed by atoms with van der Waals surface area (Å²) in [4.78, 5) is 2.53. The highest BCUT2D eigenvalue weighted by molar-refractivity contribution is 5.03. The van der Waals surface area contributed by atoms with Crippen molar-refractivity contribution in [1.82, 2.24) is 4.90 Å². The van der Waals surface area contributed by atoms with Gasteiger partial charge in [0.05, 0.1) is 0 Å². The van der Waals surface area contributed by atoms with Gasteiger partial charge in [-0.05, 0) is 39.3 Å². The molecule has 0 saturated carbocycles. The summed E-state index contributed by atoms with van der Waals surface area (Å²) in [6.45, 7) is 15.5. The third kappa shape index (κ3) is 4.47. The number of rotatable bonds is 7. The molecule has 1 unspecified atom stereocenters. The largest absolute Gasteiger partial charge is 0.297 e. The molecule has 0 spiro atoms. The summed E-state index contributed by atoms with van der Waals surface area (Å²) < 4.78 is 0. The average molecular weight is 183 g/mol. The molecule has 0 aromatic heterocycles. The van der Waals surface area contributed by atoms with Gasteiger partial charge in [0.15, 0.2) is 0 Å². The molecule has 0 radical (unpaired) electrons. The van der Waals surface area contributed by atoms with Gasteiger partial charge >= 0.3 is 0 Å².